The minimum Gasteiger partial charge on any atom is -0.319 e. The van der Waals surface area contributed by atoms with Crippen LogP contribution in [-0.2, 0) is 0 Å². The molecule has 3 fully saturated rings. The smallest absolute Gasteiger partial charge is 0.0595 e. The van der Waals surface area contributed by atoms with Gasteiger partial charge in [0.1, 0.15) is 0 Å². The molecule has 0 radical (unpaired) electrons. The van der Waals surface area contributed by atoms with Crippen LogP contribution >= 0.6 is 23.2 Å². The van der Waals surface area contributed by atoms with Crippen molar-refractivity contribution >= 4 is 23.2 Å². The maximum atomic E-state index is 6.21. The van der Waals surface area contributed by atoms with Crippen molar-refractivity contribution in [1.82, 2.24) is 5.32 Å². The highest BCUT2D eigenvalue weighted by molar-refractivity contribution is 6.42. The van der Waals surface area contributed by atoms with Crippen LogP contribution in [0.4, 0.5) is 0 Å². The third kappa shape index (κ3) is 2.53. The van der Waals surface area contributed by atoms with E-state index in [-0.39, 0.29) is 0 Å². The average Bonchev–Trinajstić information content (AvgIpc) is 2.44. The molecule has 1 aromatic rings. The molecule has 1 aromatic carbocycles. The molecule has 0 heterocycles. The van der Waals surface area contributed by atoms with Crippen LogP contribution in [0.1, 0.15) is 37.2 Å². The second kappa shape index (κ2) is 5.63. The first kappa shape index (κ1) is 13.7. The molecule has 1 nitrogen and oxygen atoms in total. The highest BCUT2D eigenvalue weighted by Gasteiger charge is 2.43. The SMILES string of the molecule is CNC[C@@H]1C2CCC(CC2)[C@H]1c1ccc(Cl)c(Cl)c1. The molecule has 3 heteroatoms. The van der Waals surface area contributed by atoms with Crippen molar-refractivity contribution in [2.24, 2.45) is 17.8 Å². The predicted molar refractivity (Wildman–Crippen MR) is 82.1 cm³/mol. The van der Waals surface area contributed by atoms with Crippen molar-refractivity contribution in [2.45, 2.75) is 31.6 Å². The van der Waals surface area contributed by atoms with E-state index in [1.807, 2.05) is 6.07 Å². The van der Waals surface area contributed by atoms with E-state index in [2.05, 4.69) is 24.5 Å². The number of hydrogen-bond donors (Lipinski definition) is 1. The fraction of sp³-hybridized carbons (Fsp3) is 0.625. The van der Waals surface area contributed by atoms with Gasteiger partial charge in [0.05, 0.1) is 10.0 Å². The monoisotopic (exact) mass is 297 g/mol. The summed E-state index contributed by atoms with van der Waals surface area (Å²) in [5.74, 6) is 3.14. The molecule has 1 N–H and O–H groups in total. The largest absolute Gasteiger partial charge is 0.319 e. The van der Waals surface area contributed by atoms with Crippen molar-refractivity contribution in [2.75, 3.05) is 13.6 Å². The van der Waals surface area contributed by atoms with Gasteiger partial charge in [-0.25, -0.2) is 0 Å². The van der Waals surface area contributed by atoms with Crippen LogP contribution < -0.4 is 5.32 Å². The lowest BCUT2D eigenvalue weighted by Gasteiger charge is -2.49. The van der Waals surface area contributed by atoms with Crippen LogP contribution in [0.25, 0.3) is 0 Å². The Labute approximate surface area is 125 Å². The summed E-state index contributed by atoms with van der Waals surface area (Å²) in [5, 5.41) is 4.75. The Bertz CT molecular complexity index is 452. The average molecular weight is 298 g/mol. The Kier molecular flexibility index (Phi) is 4.07. The van der Waals surface area contributed by atoms with Crippen LogP contribution in [0.15, 0.2) is 18.2 Å². The third-order valence-corrected chi connectivity index (χ3v) is 5.90. The van der Waals surface area contributed by atoms with Gasteiger partial charge in [-0.1, -0.05) is 29.3 Å². The molecule has 19 heavy (non-hydrogen) atoms. The van der Waals surface area contributed by atoms with Gasteiger partial charge in [0.2, 0.25) is 0 Å². The highest BCUT2D eigenvalue weighted by Crippen LogP contribution is 2.53. The summed E-state index contributed by atoms with van der Waals surface area (Å²) < 4.78 is 0. The normalized spacial score (nSPS) is 33.6. The maximum absolute atomic E-state index is 6.21. The number of hydrogen-bond acceptors (Lipinski definition) is 1. The zero-order valence-electron chi connectivity index (χ0n) is 11.3. The molecule has 4 rings (SSSR count). The zero-order chi connectivity index (χ0) is 13.4. The first-order valence-corrected chi connectivity index (χ1v) is 8.06. The molecule has 2 atom stereocenters. The molecule has 2 bridgehead atoms. The van der Waals surface area contributed by atoms with Crippen molar-refractivity contribution in [3.05, 3.63) is 33.8 Å². The highest BCUT2D eigenvalue weighted by atomic mass is 35.5. The van der Waals surface area contributed by atoms with E-state index >= 15 is 0 Å². The standard InChI is InChI=1S/C16H21Cl2N/c1-19-9-13-10-2-4-11(5-3-10)16(13)12-6-7-14(17)15(18)8-12/h6-8,10-11,13,16,19H,2-5,9H2,1H3/t10?,11?,13-,16+/m1/s1. The van der Waals surface area contributed by atoms with Gasteiger partial charge in [-0.2, -0.15) is 0 Å². The maximum Gasteiger partial charge on any atom is 0.0595 e. The van der Waals surface area contributed by atoms with Crippen molar-refractivity contribution in [1.29, 1.82) is 0 Å². The van der Waals surface area contributed by atoms with E-state index in [9.17, 15) is 0 Å². The van der Waals surface area contributed by atoms with E-state index in [0.717, 1.165) is 24.3 Å². The number of rotatable bonds is 3. The summed E-state index contributed by atoms with van der Waals surface area (Å²) in [7, 11) is 2.06. The summed E-state index contributed by atoms with van der Waals surface area (Å²) in [5.41, 5.74) is 1.39. The quantitative estimate of drug-likeness (QED) is 0.850. The fourth-order valence-electron chi connectivity index (χ4n) is 4.34. The van der Waals surface area contributed by atoms with Crippen LogP contribution in [0, 0.1) is 17.8 Å². The number of benzene rings is 1. The molecular weight excluding hydrogens is 277 g/mol. The summed E-state index contributed by atoms with van der Waals surface area (Å²) in [6.07, 6.45) is 5.59. The van der Waals surface area contributed by atoms with Gasteiger partial charge in [-0.3, -0.25) is 0 Å². The molecule has 0 saturated heterocycles. The zero-order valence-corrected chi connectivity index (χ0v) is 12.8. The number of nitrogens with one attached hydrogen (secondary N) is 1. The van der Waals surface area contributed by atoms with E-state index < -0.39 is 0 Å². The molecule has 3 aliphatic carbocycles. The molecule has 104 valence electrons. The van der Waals surface area contributed by atoms with Gasteiger partial charge in [-0.15, -0.1) is 0 Å². The van der Waals surface area contributed by atoms with E-state index in [1.54, 1.807) is 0 Å². The fourth-order valence-corrected chi connectivity index (χ4v) is 4.65. The predicted octanol–water partition coefficient (Wildman–Crippen LogP) is 4.73. The summed E-state index contributed by atoms with van der Waals surface area (Å²) in [4.78, 5) is 0. The molecule has 0 aliphatic heterocycles. The van der Waals surface area contributed by atoms with Crippen LogP contribution in [0.2, 0.25) is 10.0 Å². The lowest BCUT2D eigenvalue weighted by Crippen LogP contribution is -2.42. The minimum atomic E-state index is 0.662. The van der Waals surface area contributed by atoms with Crippen molar-refractivity contribution < 1.29 is 0 Å². The first-order chi connectivity index (χ1) is 9.20. The van der Waals surface area contributed by atoms with E-state index in [4.69, 9.17) is 23.2 Å². The van der Waals surface area contributed by atoms with Gasteiger partial charge in [0.25, 0.3) is 0 Å². The molecule has 3 saturated carbocycles. The number of halogens is 2. The van der Waals surface area contributed by atoms with Gasteiger partial charge in [-0.05, 0) is 80.6 Å². The van der Waals surface area contributed by atoms with Crippen LogP contribution in [0.3, 0.4) is 0 Å². The molecule has 0 spiro atoms. The van der Waals surface area contributed by atoms with E-state index in [0.29, 0.717) is 16.0 Å². The van der Waals surface area contributed by atoms with Gasteiger partial charge < -0.3 is 5.32 Å². The molecule has 0 unspecified atom stereocenters. The Morgan fingerprint density at radius 3 is 2.37 bits per heavy atom. The Morgan fingerprint density at radius 1 is 1.05 bits per heavy atom. The third-order valence-electron chi connectivity index (χ3n) is 5.16. The molecular formula is C16H21Cl2N. The second-order valence-electron chi connectivity index (χ2n) is 6.10. The molecule has 0 aromatic heterocycles. The second-order valence-corrected chi connectivity index (χ2v) is 6.91. The Morgan fingerprint density at radius 2 is 1.74 bits per heavy atom. The lowest BCUT2D eigenvalue weighted by molar-refractivity contribution is 0.0688. The molecule has 0 amide bonds. The topological polar surface area (TPSA) is 12.0 Å². The van der Waals surface area contributed by atoms with Crippen LogP contribution in [0.5, 0.6) is 0 Å². The summed E-state index contributed by atoms with van der Waals surface area (Å²) in [6, 6.07) is 6.23. The van der Waals surface area contributed by atoms with Crippen LogP contribution in [-0.4, -0.2) is 13.6 Å². The summed E-state index contributed by atoms with van der Waals surface area (Å²) in [6.45, 7) is 1.12. The number of fused-ring (bicyclic) bond motifs is 3. The van der Waals surface area contributed by atoms with Gasteiger partial charge in [0.15, 0.2) is 0 Å². The van der Waals surface area contributed by atoms with Gasteiger partial charge >= 0.3 is 0 Å². The Balaban J connectivity index is 1.93. The van der Waals surface area contributed by atoms with Crippen molar-refractivity contribution in [3.63, 3.8) is 0 Å². The molecule has 3 aliphatic rings. The van der Waals surface area contributed by atoms with Gasteiger partial charge in [0, 0.05) is 0 Å². The van der Waals surface area contributed by atoms with Crippen molar-refractivity contribution in [3.8, 4) is 0 Å². The van der Waals surface area contributed by atoms with E-state index in [1.165, 1.54) is 31.2 Å². The Hall–Kier alpha value is -0.240. The lowest BCUT2D eigenvalue weighted by atomic mass is 9.57. The summed E-state index contributed by atoms with van der Waals surface area (Å²) >= 11 is 12.3. The minimum absolute atomic E-state index is 0.662. The first-order valence-electron chi connectivity index (χ1n) is 7.30.